The molecule has 0 radical (unpaired) electrons. The van der Waals surface area contributed by atoms with Crippen LogP contribution in [-0.4, -0.2) is 10.5 Å². The van der Waals surface area contributed by atoms with Gasteiger partial charge in [0, 0.05) is 12.0 Å². The molecule has 16 heavy (non-hydrogen) atoms. The first-order valence-corrected chi connectivity index (χ1v) is 6.28. The Morgan fingerprint density at radius 3 is 2.88 bits per heavy atom. The first-order chi connectivity index (χ1) is 7.66. The minimum absolute atomic E-state index is 0.0760. The van der Waals surface area contributed by atoms with Crippen LogP contribution in [0.3, 0.4) is 0 Å². The number of nitrogens with two attached hydrogens (primary N) is 1. The van der Waals surface area contributed by atoms with E-state index in [9.17, 15) is 0 Å². The lowest BCUT2D eigenvalue weighted by molar-refractivity contribution is 0.232. The molecule has 2 N–H and O–H groups in total. The summed E-state index contributed by atoms with van der Waals surface area (Å²) in [4.78, 5) is 4.46. The van der Waals surface area contributed by atoms with Gasteiger partial charge >= 0.3 is 0 Å². The predicted molar refractivity (Wildman–Crippen MR) is 66.2 cm³/mol. The molecule has 3 nitrogen and oxygen atoms in total. The van der Waals surface area contributed by atoms with Crippen LogP contribution in [0.25, 0.3) is 11.1 Å². The summed E-state index contributed by atoms with van der Waals surface area (Å²) in [5.74, 6) is 0.754. The van der Waals surface area contributed by atoms with Crippen molar-refractivity contribution in [2.24, 2.45) is 5.73 Å². The van der Waals surface area contributed by atoms with E-state index >= 15 is 0 Å². The fourth-order valence-corrected chi connectivity index (χ4v) is 2.58. The van der Waals surface area contributed by atoms with E-state index in [1.165, 1.54) is 6.42 Å². The van der Waals surface area contributed by atoms with Gasteiger partial charge in [-0.05, 0) is 47.3 Å². The van der Waals surface area contributed by atoms with Crippen LogP contribution in [0, 0.1) is 0 Å². The summed E-state index contributed by atoms with van der Waals surface area (Å²) in [6.45, 7) is 0. The quantitative estimate of drug-likeness (QED) is 0.920. The number of rotatable bonds is 2. The monoisotopic (exact) mass is 280 g/mol. The number of fused-ring (bicyclic) bond motifs is 1. The summed E-state index contributed by atoms with van der Waals surface area (Å²) >= 11 is 3.46. The van der Waals surface area contributed by atoms with Crippen molar-refractivity contribution in [3.63, 3.8) is 0 Å². The zero-order valence-electron chi connectivity index (χ0n) is 8.87. The second-order valence-corrected chi connectivity index (χ2v) is 5.44. The zero-order valence-corrected chi connectivity index (χ0v) is 10.5. The van der Waals surface area contributed by atoms with E-state index in [0.717, 1.165) is 40.7 Å². The van der Waals surface area contributed by atoms with Gasteiger partial charge in [-0.25, -0.2) is 4.98 Å². The third-order valence-electron chi connectivity index (χ3n) is 3.26. The van der Waals surface area contributed by atoms with Crippen molar-refractivity contribution in [1.82, 2.24) is 4.98 Å². The molecular weight excluding hydrogens is 268 g/mol. The third-order valence-corrected chi connectivity index (χ3v) is 3.89. The van der Waals surface area contributed by atoms with Crippen LogP contribution in [0.4, 0.5) is 0 Å². The van der Waals surface area contributed by atoms with Gasteiger partial charge in [0.05, 0.1) is 4.47 Å². The molecule has 0 aliphatic heterocycles. The highest BCUT2D eigenvalue weighted by molar-refractivity contribution is 9.10. The fraction of sp³-hybridized carbons (Fsp3) is 0.417. The molecule has 0 atom stereocenters. The molecule has 1 fully saturated rings. The third kappa shape index (κ3) is 1.66. The molecule has 1 heterocycles. The fourth-order valence-electron chi connectivity index (χ4n) is 2.15. The molecule has 0 amide bonds. The highest BCUT2D eigenvalue weighted by Crippen LogP contribution is 2.33. The largest absolute Gasteiger partial charge is 0.439 e. The Balaban J connectivity index is 1.96. The molecule has 1 aliphatic rings. The van der Waals surface area contributed by atoms with Gasteiger partial charge in [-0.3, -0.25) is 0 Å². The topological polar surface area (TPSA) is 52.0 Å². The van der Waals surface area contributed by atoms with Crippen LogP contribution in [0.1, 0.15) is 25.2 Å². The van der Waals surface area contributed by atoms with Gasteiger partial charge in [0.1, 0.15) is 5.52 Å². The molecular formula is C12H13BrN2O. The summed E-state index contributed by atoms with van der Waals surface area (Å²) in [5, 5.41) is 0. The average Bonchev–Trinajstić information content (AvgIpc) is 2.59. The molecule has 1 aromatic carbocycles. The molecule has 0 spiro atoms. The van der Waals surface area contributed by atoms with Gasteiger partial charge in [0.25, 0.3) is 0 Å². The first-order valence-electron chi connectivity index (χ1n) is 5.49. The normalized spacial score (nSPS) is 18.6. The Bertz CT molecular complexity index is 531. The van der Waals surface area contributed by atoms with E-state index in [4.69, 9.17) is 10.2 Å². The van der Waals surface area contributed by atoms with E-state index in [1.807, 2.05) is 18.2 Å². The van der Waals surface area contributed by atoms with Crippen molar-refractivity contribution in [3.8, 4) is 0 Å². The number of oxazole rings is 1. The summed E-state index contributed by atoms with van der Waals surface area (Å²) in [6.07, 6.45) is 4.12. The maximum atomic E-state index is 6.18. The number of hydrogen-bond donors (Lipinski definition) is 1. The summed E-state index contributed by atoms with van der Waals surface area (Å²) in [6, 6.07) is 5.87. The molecule has 0 saturated heterocycles. The lowest BCUT2D eigenvalue weighted by atomic mass is 9.75. The van der Waals surface area contributed by atoms with E-state index in [0.29, 0.717) is 0 Å². The van der Waals surface area contributed by atoms with Crippen LogP contribution in [0.5, 0.6) is 0 Å². The highest BCUT2D eigenvalue weighted by Gasteiger charge is 2.34. The lowest BCUT2D eigenvalue weighted by Gasteiger charge is -2.36. The molecule has 4 heteroatoms. The van der Waals surface area contributed by atoms with E-state index < -0.39 is 0 Å². The van der Waals surface area contributed by atoms with Gasteiger partial charge in [0.15, 0.2) is 11.5 Å². The Morgan fingerprint density at radius 1 is 1.44 bits per heavy atom. The van der Waals surface area contributed by atoms with Crippen molar-refractivity contribution in [2.75, 3.05) is 0 Å². The number of aromatic nitrogens is 1. The lowest BCUT2D eigenvalue weighted by Crippen LogP contribution is -2.48. The van der Waals surface area contributed by atoms with Crippen molar-refractivity contribution in [3.05, 3.63) is 28.6 Å². The molecule has 3 rings (SSSR count). The number of nitrogens with zero attached hydrogens (tertiary/aromatic N) is 1. The van der Waals surface area contributed by atoms with Gasteiger partial charge in [-0.15, -0.1) is 0 Å². The molecule has 1 saturated carbocycles. The van der Waals surface area contributed by atoms with E-state index in [1.54, 1.807) is 0 Å². The number of hydrogen-bond acceptors (Lipinski definition) is 3. The van der Waals surface area contributed by atoms with Crippen LogP contribution in [0.2, 0.25) is 0 Å². The smallest absolute Gasteiger partial charge is 0.197 e. The summed E-state index contributed by atoms with van der Waals surface area (Å²) in [5.41, 5.74) is 7.82. The number of benzene rings is 1. The van der Waals surface area contributed by atoms with E-state index in [2.05, 4.69) is 20.9 Å². The SMILES string of the molecule is NC1(Cc2nc3cccc(Br)c3o2)CCC1. The minimum atomic E-state index is -0.0760. The Labute approximate surface area is 102 Å². The molecule has 1 aromatic heterocycles. The molecule has 1 aliphatic carbocycles. The zero-order chi connectivity index (χ0) is 11.2. The summed E-state index contributed by atoms with van der Waals surface area (Å²) in [7, 11) is 0. The van der Waals surface area contributed by atoms with Crippen molar-refractivity contribution >= 4 is 27.0 Å². The van der Waals surface area contributed by atoms with Gasteiger partial charge in [0.2, 0.25) is 0 Å². The van der Waals surface area contributed by atoms with Crippen LogP contribution >= 0.6 is 15.9 Å². The molecule has 0 bridgehead atoms. The Hall–Kier alpha value is -0.870. The summed E-state index contributed by atoms with van der Waals surface area (Å²) < 4.78 is 6.68. The Kier molecular flexibility index (Phi) is 2.30. The minimum Gasteiger partial charge on any atom is -0.439 e. The van der Waals surface area contributed by atoms with Crippen molar-refractivity contribution in [1.29, 1.82) is 0 Å². The number of para-hydroxylation sites is 1. The highest BCUT2D eigenvalue weighted by atomic mass is 79.9. The van der Waals surface area contributed by atoms with Gasteiger partial charge in [-0.1, -0.05) is 6.07 Å². The van der Waals surface area contributed by atoms with Crippen LogP contribution < -0.4 is 5.73 Å². The predicted octanol–water partition coefficient (Wildman–Crippen LogP) is 3.01. The number of halogens is 1. The maximum absolute atomic E-state index is 6.18. The van der Waals surface area contributed by atoms with E-state index in [-0.39, 0.29) is 5.54 Å². The standard InChI is InChI=1S/C12H13BrN2O/c13-8-3-1-4-9-11(8)16-10(15-9)7-12(14)5-2-6-12/h1,3-4H,2,5-7,14H2. The van der Waals surface area contributed by atoms with Gasteiger partial charge in [-0.2, -0.15) is 0 Å². The van der Waals surface area contributed by atoms with Crippen molar-refractivity contribution < 1.29 is 4.42 Å². The van der Waals surface area contributed by atoms with Gasteiger partial charge < -0.3 is 10.2 Å². The average molecular weight is 281 g/mol. The molecule has 84 valence electrons. The second kappa shape index (κ2) is 3.57. The first kappa shape index (κ1) is 10.3. The van der Waals surface area contributed by atoms with Crippen LogP contribution in [0.15, 0.2) is 27.1 Å². The second-order valence-electron chi connectivity index (χ2n) is 4.59. The Morgan fingerprint density at radius 2 is 2.25 bits per heavy atom. The van der Waals surface area contributed by atoms with Crippen molar-refractivity contribution in [2.45, 2.75) is 31.2 Å². The molecule has 0 unspecified atom stereocenters. The maximum Gasteiger partial charge on any atom is 0.197 e. The van der Waals surface area contributed by atoms with Crippen LogP contribution in [-0.2, 0) is 6.42 Å². The molecule has 2 aromatic rings.